The highest BCUT2D eigenvalue weighted by atomic mass is 35.5. The van der Waals surface area contributed by atoms with E-state index in [-0.39, 0.29) is 0 Å². The van der Waals surface area contributed by atoms with Crippen LogP contribution < -0.4 is 0 Å². The minimum absolute atomic E-state index is 0.540. The number of hydrogen-bond acceptors (Lipinski definition) is 4. The summed E-state index contributed by atoms with van der Waals surface area (Å²) in [4.78, 5) is 8.73. The number of hydrogen-bond donors (Lipinski definition) is 0. The first kappa shape index (κ1) is 13.1. The van der Waals surface area contributed by atoms with Crippen LogP contribution in [0.5, 0.6) is 0 Å². The fourth-order valence-electron chi connectivity index (χ4n) is 2.37. The van der Waals surface area contributed by atoms with Gasteiger partial charge in [-0.25, -0.2) is 4.98 Å². The molecule has 0 radical (unpaired) electrons. The fraction of sp³-hybridized carbons (Fsp3) is 0.357. The number of aromatic nitrogens is 4. The zero-order chi connectivity index (χ0) is 14.1. The van der Waals surface area contributed by atoms with Gasteiger partial charge < -0.3 is 9.09 Å². The molecule has 0 aromatic carbocycles. The van der Waals surface area contributed by atoms with E-state index < -0.39 is 0 Å². The molecule has 6 heteroatoms. The van der Waals surface area contributed by atoms with Crippen molar-refractivity contribution in [3.63, 3.8) is 0 Å². The van der Waals surface area contributed by atoms with E-state index in [0.717, 1.165) is 40.3 Å². The van der Waals surface area contributed by atoms with Gasteiger partial charge in [-0.15, -0.1) is 11.6 Å². The van der Waals surface area contributed by atoms with Crippen LogP contribution in [0.1, 0.15) is 22.8 Å². The fourth-order valence-corrected chi connectivity index (χ4v) is 2.54. The zero-order valence-electron chi connectivity index (χ0n) is 11.4. The lowest BCUT2D eigenvalue weighted by molar-refractivity contribution is 0.392. The Hall–Kier alpha value is -1.88. The summed E-state index contributed by atoms with van der Waals surface area (Å²) in [6.45, 7) is 4.57. The highest BCUT2D eigenvalue weighted by molar-refractivity contribution is 6.17. The van der Waals surface area contributed by atoms with Crippen LogP contribution in [0.15, 0.2) is 23.0 Å². The van der Waals surface area contributed by atoms with Gasteiger partial charge in [-0.3, -0.25) is 4.98 Å². The Bertz CT molecular complexity index is 727. The van der Waals surface area contributed by atoms with Gasteiger partial charge in [0.25, 0.3) is 0 Å². The molecule has 0 fully saturated rings. The first-order chi connectivity index (χ1) is 9.70. The maximum Gasteiger partial charge on any atom is 0.138 e. The van der Waals surface area contributed by atoms with Gasteiger partial charge in [0.1, 0.15) is 17.1 Å². The molecular formula is C14H15ClN4O. The molecule has 104 valence electrons. The number of nitrogens with zero attached hydrogens (tertiary/aromatic N) is 4. The van der Waals surface area contributed by atoms with E-state index in [1.54, 1.807) is 12.4 Å². The summed E-state index contributed by atoms with van der Waals surface area (Å²) in [6.07, 6.45) is 4.27. The monoisotopic (exact) mass is 290 g/mol. The van der Waals surface area contributed by atoms with Crippen molar-refractivity contribution in [3.8, 4) is 0 Å². The maximum absolute atomic E-state index is 5.88. The van der Waals surface area contributed by atoms with Crippen molar-refractivity contribution in [2.45, 2.75) is 26.8 Å². The minimum atomic E-state index is 0.540. The molecule has 0 aliphatic heterocycles. The number of aryl methyl sites for hydroxylation is 3. The summed E-state index contributed by atoms with van der Waals surface area (Å²) in [6, 6.07) is 1.97. The SMILES string of the molecule is Cc1noc(C)c1Cn1c(CCCl)nc2cnccc21. The molecule has 3 heterocycles. The number of alkyl halides is 1. The van der Waals surface area contributed by atoms with E-state index in [2.05, 4.69) is 19.7 Å². The molecule has 20 heavy (non-hydrogen) atoms. The van der Waals surface area contributed by atoms with Crippen molar-refractivity contribution in [1.29, 1.82) is 0 Å². The average molecular weight is 291 g/mol. The number of fused-ring (bicyclic) bond motifs is 1. The van der Waals surface area contributed by atoms with E-state index in [0.29, 0.717) is 12.4 Å². The Balaban J connectivity index is 2.11. The third-order valence-electron chi connectivity index (χ3n) is 3.45. The van der Waals surface area contributed by atoms with Gasteiger partial charge in [-0.1, -0.05) is 5.16 Å². The normalized spacial score (nSPS) is 11.3. The van der Waals surface area contributed by atoms with E-state index in [9.17, 15) is 0 Å². The molecule has 3 aromatic heterocycles. The van der Waals surface area contributed by atoms with Crippen molar-refractivity contribution in [2.24, 2.45) is 0 Å². The van der Waals surface area contributed by atoms with Crippen molar-refractivity contribution >= 4 is 22.6 Å². The van der Waals surface area contributed by atoms with Crippen LogP contribution >= 0.6 is 11.6 Å². The molecule has 0 spiro atoms. The molecule has 0 bridgehead atoms. The second kappa shape index (κ2) is 5.25. The molecule has 0 atom stereocenters. The van der Waals surface area contributed by atoms with Gasteiger partial charge >= 0.3 is 0 Å². The van der Waals surface area contributed by atoms with Crippen molar-refractivity contribution in [2.75, 3.05) is 5.88 Å². The Morgan fingerprint density at radius 1 is 1.35 bits per heavy atom. The molecule has 0 amide bonds. The Morgan fingerprint density at radius 3 is 2.90 bits per heavy atom. The quantitative estimate of drug-likeness (QED) is 0.693. The Kier molecular flexibility index (Phi) is 3.44. The summed E-state index contributed by atoms with van der Waals surface area (Å²) in [5, 5.41) is 4.01. The number of rotatable bonds is 4. The molecule has 0 saturated heterocycles. The summed E-state index contributed by atoms with van der Waals surface area (Å²) >= 11 is 5.88. The number of pyridine rings is 1. The highest BCUT2D eigenvalue weighted by Gasteiger charge is 2.15. The third-order valence-corrected chi connectivity index (χ3v) is 3.63. The van der Waals surface area contributed by atoms with Gasteiger partial charge in [-0.2, -0.15) is 0 Å². The lowest BCUT2D eigenvalue weighted by Gasteiger charge is -2.08. The molecule has 3 aromatic rings. The van der Waals surface area contributed by atoms with Crippen LogP contribution in [0.3, 0.4) is 0 Å². The topological polar surface area (TPSA) is 56.7 Å². The average Bonchev–Trinajstić information content (AvgIpc) is 2.95. The number of halogens is 1. The van der Waals surface area contributed by atoms with E-state index in [4.69, 9.17) is 16.1 Å². The van der Waals surface area contributed by atoms with Gasteiger partial charge in [0.05, 0.1) is 24.0 Å². The smallest absolute Gasteiger partial charge is 0.138 e. The highest BCUT2D eigenvalue weighted by Crippen LogP contribution is 2.21. The summed E-state index contributed by atoms with van der Waals surface area (Å²) in [5.41, 5.74) is 3.95. The molecule has 0 unspecified atom stereocenters. The van der Waals surface area contributed by atoms with Crippen molar-refractivity contribution in [1.82, 2.24) is 19.7 Å². The molecule has 0 N–H and O–H groups in total. The lowest BCUT2D eigenvalue weighted by Crippen LogP contribution is -2.07. The van der Waals surface area contributed by atoms with E-state index >= 15 is 0 Å². The Labute approximate surface area is 121 Å². The van der Waals surface area contributed by atoms with Crippen LogP contribution in [-0.4, -0.2) is 25.6 Å². The first-order valence-electron chi connectivity index (χ1n) is 6.47. The molecule has 3 rings (SSSR count). The summed E-state index contributed by atoms with van der Waals surface area (Å²) < 4.78 is 7.39. The first-order valence-corrected chi connectivity index (χ1v) is 7.01. The Morgan fingerprint density at radius 2 is 2.20 bits per heavy atom. The lowest BCUT2D eigenvalue weighted by atomic mass is 10.2. The maximum atomic E-state index is 5.88. The predicted molar refractivity (Wildman–Crippen MR) is 77.0 cm³/mol. The predicted octanol–water partition coefficient (Wildman–Crippen LogP) is 2.87. The molecule has 5 nitrogen and oxygen atoms in total. The zero-order valence-corrected chi connectivity index (χ0v) is 12.2. The number of imidazole rings is 1. The summed E-state index contributed by atoms with van der Waals surface area (Å²) in [5.74, 6) is 2.34. The second-order valence-electron chi connectivity index (χ2n) is 4.72. The van der Waals surface area contributed by atoms with Crippen LogP contribution in [0, 0.1) is 13.8 Å². The minimum Gasteiger partial charge on any atom is -0.361 e. The van der Waals surface area contributed by atoms with Gasteiger partial charge in [0.15, 0.2) is 0 Å². The second-order valence-corrected chi connectivity index (χ2v) is 5.10. The van der Waals surface area contributed by atoms with Gasteiger partial charge in [-0.05, 0) is 19.9 Å². The third kappa shape index (κ3) is 2.18. The molecule has 0 aliphatic carbocycles. The van der Waals surface area contributed by atoms with E-state index in [1.807, 2.05) is 19.9 Å². The van der Waals surface area contributed by atoms with Gasteiger partial charge in [0.2, 0.25) is 0 Å². The largest absolute Gasteiger partial charge is 0.361 e. The van der Waals surface area contributed by atoms with Crippen LogP contribution in [-0.2, 0) is 13.0 Å². The van der Waals surface area contributed by atoms with Crippen molar-refractivity contribution in [3.05, 3.63) is 41.3 Å². The molecule has 0 saturated carbocycles. The molecule has 0 aliphatic rings. The summed E-state index contributed by atoms with van der Waals surface area (Å²) in [7, 11) is 0. The standard InChI is InChI=1S/C14H15ClN4O/c1-9-11(10(2)20-18-9)8-19-13-4-6-16-7-12(13)17-14(19)3-5-15/h4,6-7H,3,5,8H2,1-2H3. The van der Waals surface area contributed by atoms with Crippen LogP contribution in [0.4, 0.5) is 0 Å². The van der Waals surface area contributed by atoms with Crippen molar-refractivity contribution < 1.29 is 4.52 Å². The van der Waals surface area contributed by atoms with Crippen LogP contribution in [0.25, 0.3) is 11.0 Å². The van der Waals surface area contributed by atoms with Gasteiger partial charge in [0, 0.05) is 24.1 Å². The molecular weight excluding hydrogens is 276 g/mol. The van der Waals surface area contributed by atoms with E-state index in [1.165, 1.54) is 0 Å². The van der Waals surface area contributed by atoms with Crippen LogP contribution in [0.2, 0.25) is 0 Å².